The Kier molecular flexibility index (Phi) is 6.51. The molecular formula is C26H28N4O2S. The minimum Gasteiger partial charge on any atom is -0.340 e. The van der Waals surface area contributed by atoms with Gasteiger partial charge in [0.1, 0.15) is 0 Å². The van der Waals surface area contributed by atoms with Crippen molar-refractivity contribution in [1.82, 2.24) is 14.8 Å². The van der Waals surface area contributed by atoms with Crippen LogP contribution in [0.25, 0.3) is 0 Å². The molecule has 2 aliphatic heterocycles. The van der Waals surface area contributed by atoms with Gasteiger partial charge in [0.15, 0.2) is 5.13 Å². The summed E-state index contributed by atoms with van der Waals surface area (Å²) in [6, 6.07) is 21.3. The van der Waals surface area contributed by atoms with Crippen molar-refractivity contribution in [3.05, 3.63) is 82.9 Å². The van der Waals surface area contributed by atoms with E-state index in [1.54, 1.807) is 4.90 Å². The standard InChI is InChI=1S/C26H28N4O2S/c31-23-12-7-13-30(23)26-27-22(19-33-26)18-24(32)28-14-16-29(17-15-28)25(20-8-3-1-4-9-20)21-10-5-2-6-11-21/h1-6,8-11,19,25H,7,12-18H2. The van der Waals surface area contributed by atoms with Crippen molar-refractivity contribution in [2.45, 2.75) is 25.3 Å². The Morgan fingerprint density at radius 2 is 1.55 bits per heavy atom. The van der Waals surface area contributed by atoms with Crippen molar-refractivity contribution in [3.8, 4) is 0 Å². The quantitative estimate of drug-likeness (QED) is 0.562. The number of carbonyl (C=O) groups is 2. The number of piperazine rings is 1. The van der Waals surface area contributed by atoms with Crippen molar-refractivity contribution < 1.29 is 9.59 Å². The van der Waals surface area contributed by atoms with E-state index < -0.39 is 0 Å². The van der Waals surface area contributed by atoms with Crippen LogP contribution in [-0.4, -0.2) is 59.3 Å². The van der Waals surface area contributed by atoms with Gasteiger partial charge in [-0.3, -0.25) is 19.4 Å². The lowest BCUT2D eigenvalue weighted by Gasteiger charge is -2.39. The molecule has 7 heteroatoms. The van der Waals surface area contributed by atoms with E-state index >= 15 is 0 Å². The number of anilines is 1. The molecule has 3 heterocycles. The van der Waals surface area contributed by atoms with E-state index in [1.807, 2.05) is 22.4 Å². The van der Waals surface area contributed by atoms with Crippen LogP contribution < -0.4 is 4.90 Å². The number of rotatable bonds is 6. The van der Waals surface area contributed by atoms with Gasteiger partial charge >= 0.3 is 0 Å². The molecule has 0 aliphatic carbocycles. The van der Waals surface area contributed by atoms with Crippen LogP contribution in [0.5, 0.6) is 0 Å². The lowest BCUT2D eigenvalue weighted by atomic mass is 9.96. The van der Waals surface area contributed by atoms with Crippen LogP contribution >= 0.6 is 11.3 Å². The van der Waals surface area contributed by atoms with Crippen molar-refractivity contribution in [2.24, 2.45) is 0 Å². The molecule has 2 saturated heterocycles. The number of benzene rings is 2. The Morgan fingerprint density at radius 1 is 0.909 bits per heavy atom. The molecule has 0 saturated carbocycles. The third kappa shape index (κ3) is 4.84. The molecule has 0 radical (unpaired) electrons. The Bertz CT molecular complexity index is 1050. The zero-order chi connectivity index (χ0) is 22.6. The second-order valence-electron chi connectivity index (χ2n) is 8.59. The van der Waals surface area contributed by atoms with Gasteiger partial charge in [0.25, 0.3) is 0 Å². The van der Waals surface area contributed by atoms with Crippen molar-refractivity contribution >= 4 is 28.3 Å². The molecule has 5 rings (SSSR count). The fourth-order valence-electron chi connectivity index (χ4n) is 4.73. The maximum atomic E-state index is 13.0. The average Bonchev–Trinajstić information content (AvgIpc) is 3.49. The topological polar surface area (TPSA) is 56.8 Å². The summed E-state index contributed by atoms with van der Waals surface area (Å²) in [5.74, 6) is 0.236. The zero-order valence-corrected chi connectivity index (χ0v) is 19.4. The lowest BCUT2D eigenvalue weighted by Crippen LogP contribution is -2.50. The van der Waals surface area contributed by atoms with Crippen LogP contribution in [0, 0.1) is 0 Å². The number of hydrogen-bond acceptors (Lipinski definition) is 5. The van der Waals surface area contributed by atoms with E-state index in [0.717, 1.165) is 36.9 Å². The molecule has 0 spiro atoms. The second-order valence-corrected chi connectivity index (χ2v) is 9.42. The van der Waals surface area contributed by atoms with Crippen LogP contribution in [0.2, 0.25) is 0 Å². The molecule has 170 valence electrons. The van der Waals surface area contributed by atoms with E-state index in [-0.39, 0.29) is 17.9 Å². The van der Waals surface area contributed by atoms with Crippen LogP contribution in [-0.2, 0) is 16.0 Å². The van der Waals surface area contributed by atoms with Gasteiger partial charge in [0.05, 0.1) is 18.2 Å². The summed E-state index contributed by atoms with van der Waals surface area (Å²) in [7, 11) is 0. The molecule has 0 N–H and O–H groups in total. The Labute approximate surface area is 198 Å². The molecule has 2 amide bonds. The summed E-state index contributed by atoms with van der Waals surface area (Å²) in [6.45, 7) is 3.79. The van der Waals surface area contributed by atoms with E-state index in [2.05, 4.69) is 58.4 Å². The minimum absolute atomic E-state index is 0.107. The van der Waals surface area contributed by atoms with E-state index in [0.29, 0.717) is 25.9 Å². The minimum atomic E-state index is 0.107. The van der Waals surface area contributed by atoms with Crippen molar-refractivity contribution in [1.29, 1.82) is 0 Å². The number of carbonyl (C=O) groups excluding carboxylic acids is 2. The number of amides is 2. The first-order valence-corrected chi connectivity index (χ1v) is 12.4. The molecule has 2 aliphatic rings. The normalized spacial score (nSPS) is 17.2. The summed E-state index contributed by atoms with van der Waals surface area (Å²) in [5.41, 5.74) is 3.30. The highest BCUT2D eigenvalue weighted by Gasteiger charge is 2.29. The van der Waals surface area contributed by atoms with Gasteiger partial charge < -0.3 is 4.90 Å². The summed E-state index contributed by atoms with van der Waals surface area (Å²) >= 11 is 1.45. The van der Waals surface area contributed by atoms with Gasteiger partial charge in [-0.05, 0) is 17.5 Å². The smallest absolute Gasteiger partial charge is 0.228 e. The zero-order valence-electron chi connectivity index (χ0n) is 18.6. The molecular weight excluding hydrogens is 432 g/mol. The van der Waals surface area contributed by atoms with Gasteiger partial charge in [-0.25, -0.2) is 4.98 Å². The highest BCUT2D eigenvalue weighted by molar-refractivity contribution is 7.14. The number of hydrogen-bond donors (Lipinski definition) is 0. The average molecular weight is 461 g/mol. The summed E-state index contributed by atoms with van der Waals surface area (Å²) in [6.07, 6.45) is 1.76. The van der Waals surface area contributed by atoms with Gasteiger partial charge in [0.2, 0.25) is 11.8 Å². The number of thiazole rings is 1. The third-order valence-corrected chi connectivity index (χ3v) is 7.35. The number of aromatic nitrogens is 1. The van der Waals surface area contributed by atoms with Crippen LogP contribution in [0.1, 0.15) is 35.7 Å². The van der Waals surface area contributed by atoms with Crippen LogP contribution in [0.15, 0.2) is 66.0 Å². The molecule has 3 aromatic rings. The largest absolute Gasteiger partial charge is 0.340 e. The Balaban J connectivity index is 1.22. The fourth-order valence-corrected chi connectivity index (χ4v) is 5.60. The maximum Gasteiger partial charge on any atom is 0.228 e. The molecule has 0 unspecified atom stereocenters. The first-order chi connectivity index (χ1) is 16.2. The van der Waals surface area contributed by atoms with Gasteiger partial charge in [-0.15, -0.1) is 11.3 Å². The summed E-state index contributed by atoms with van der Waals surface area (Å²) < 4.78 is 0. The van der Waals surface area contributed by atoms with Crippen molar-refractivity contribution in [3.63, 3.8) is 0 Å². The predicted molar refractivity (Wildman–Crippen MR) is 130 cm³/mol. The summed E-state index contributed by atoms with van der Waals surface area (Å²) in [5, 5.41) is 2.63. The van der Waals surface area contributed by atoms with Crippen LogP contribution in [0.3, 0.4) is 0 Å². The molecule has 0 atom stereocenters. The van der Waals surface area contributed by atoms with Gasteiger partial charge in [-0.2, -0.15) is 0 Å². The van der Waals surface area contributed by atoms with Crippen LogP contribution in [0.4, 0.5) is 5.13 Å². The highest BCUT2D eigenvalue weighted by atomic mass is 32.1. The molecule has 6 nitrogen and oxygen atoms in total. The monoisotopic (exact) mass is 460 g/mol. The first-order valence-electron chi connectivity index (χ1n) is 11.6. The molecule has 2 fully saturated rings. The maximum absolute atomic E-state index is 13.0. The molecule has 0 bridgehead atoms. The first kappa shape index (κ1) is 21.8. The van der Waals surface area contributed by atoms with Crippen molar-refractivity contribution in [2.75, 3.05) is 37.6 Å². The molecule has 33 heavy (non-hydrogen) atoms. The predicted octanol–water partition coefficient (Wildman–Crippen LogP) is 3.75. The van der Waals surface area contributed by atoms with Gasteiger partial charge in [0, 0.05) is 44.5 Å². The fraction of sp³-hybridized carbons (Fsp3) is 0.346. The lowest BCUT2D eigenvalue weighted by molar-refractivity contribution is -0.132. The summed E-state index contributed by atoms with van der Waals surface area (Å²) in [4.78, 5) is 35.6. The molecule has 2 aromatic carbocycles. The van der Waals surface area contributed by atoms with E-state index in [9.17, 15) is 9.59 Å². The Morgan fingerprint density at radius 3 is 2.12 bits per heavy atom. The van der Waals surface area contributed by atoms with E-state index in [1.165, 1.54) is 22.5 Å². The van der Waals surface area contributed by atoms with Gasteiger partial charge in [-0.1, -0.05) is 60.7 Å². The number of nitrogens with zero attached hydrogens (tertiary/aromatic N) is 4. The second kappa shape index (κ2) is 9.85. The molecule has 1 aromatic heterocycles. The highest BCUT2D eigenvalue weighted by Crippen LogP contribution is 2.30. The van der Waals surface area contributed by atoms with E-state index in [4.69, 9.17) is 0 Å². The Hall–Kier alpha value is -3.03. The third-order valence-electron chi connectivity index (χ3n) is 6.44. The SMILES string of the molecule is O=C(Cc1csc(N2CCCC2=O)n1)N1CCN(C(c2ccccc2)c2ccccc2)CC1.